The van der Waals surface area contributed by atoms with E-state index in [0.29, 0.717) is 6.61 Å². The summed E-state index contributed by atoms with van der Waals surface area (Å²) in [7, 11) is 0. The third-order valence-electron chi connectivity index (χ3n) is 3.40. The van der Waals surface area contributed by atoms with Gasteiger partial charge in [-0.05, 0) is 19.3 Å². The molecule has 0 bridgehead atoms. The highest BCUT2D eigenvalue weighted by Gasteiger charge is 2.07. The van der Waals surface area contributed by atoms with Gasteiger partial charge in [0.2, 0.25) is 0 Å². The summed E-state index contributed by atoms with van der Waals surface area (Å²) >= 11 is 0. The van der Waals surface area contributed by atoms with Crippen LogP contribution < -0.4 is 0 Å². The molecule has 0 aromatic rings. The fourth-order valence-corrected chi connectivity index (χ4v) is 2.05. The molecule has 0 saturated carbocycles. The number of aliphatic hydroxyl groups is 2. The minimum atomic E-state index is -0.380. The SMILES string of the molecule is CC(C)CCCCCCCCC(O)COC(C)CO. The lowest BCUT2D eigenvalue weighted by Crippen LogP contribution is -2.21. The Morgan fingerprint density at radius 3 is 1.89 bits per heavy atom. The smallest absolute Gasteiger partial charge is 0.0779 e. The first-order valence-electron chi connectivity index (χ1n) is 7.96. The third kappa shape index (κ3) is 14.1. The average Bonchev–Trinajstić information content (AvgIpc) is 2.38. The van der Waals surface area contributed by atoms with Gasteiger partial charge in [0.1, 0.15) is 0 Å². The molecule has 2 atom stereocenters. The van der Waals surface area contributed by atoms with Crippen LogP contribution in [0.5, 0.6) is 0 Å². The standard InChI is InChI=1S/C16H34O3/c1-14(2)10-8-6-4-5-7-9-11-16(18)13-19-15(3)12-17/h14-18H,4-13H2,1-3H3. The molecule has 0 aromatic heterocycles. The van der Waals surface area contributed by atoms with Crippen molar-refractivity contribution < 1.29 is 14.9 Å². The number of hydrogen-bond donors (Lipinski definition) is 2. The van der Waals surface area contributed by atoms with Gasteiger partial charge in [0.25, 0.3) is 0 Å². The van der Waals surface area contributed by atoms with Crippen LogP contribution in [0.3, 0.4) is 0 Å². The maximum atomic E-state index is 9.69. The van der Waals surface area contributed by atoms with E-state index < -0.39 is 0 Å². The highest BCUT2D eigenvalue weighted by molar-refractivity contribution is 4.57. The fraction of sp³-hybridized carbons (Fsp3) is 1.00. The van der Waals surface area contributed by atoms with Crippen LogP contribution in [0.1, 0.15) is 72.1 Å². The van der Waals surface area contributed by atoms with Gasteiger partial charge >= 0.3 is 0 Å². The van der Waals surface area contributed by atoms with Gasteiger partial charge in [0, 0.05) is 0 Å². The molecule has 3 heteroatoms. The first kappa shape index (κ1) is 18.9. The Balaban J connectivity index is 3.20. The van der Waals surface area contributed by atoms with Crippen LogP contribution in [0, 0.1) is 5.92 Å². The second kappa shape index (κ2) is 12.9. The van der Waals surface area contributed by atoms with Gasteiger partial charge in [-0.25, -0.2) is 0 Å². The minimum absolute atomic E-state index is 0.0170. The molecule has 0 rings (SSSR count). The molecule has 0 aliphatic rings. The zero-order valence-corrected chi connectivity index (χ0v) is 13.1. The molecule has 0 aliphatic carbocycles. The molecule has 0 amide bonds. The van der Waals surface area contributed by atoms with Crippen LogP contribution in [-0.2, 0) is 4.74 Å². The molecule has 0 aliphatic heterocycles. The predicted octanol–water partition coefficient (Wildman–Crippen LogP) is 3.52. The van der Waals surface area contributed by atoms with Gasteiger partial charge in [-0.15, -0.1) is 0 Å². The molecule has 19 heavy (non-hydrogen) atoms. The van der Waals surface area contributed by atoms with E-state index in [9.17, 15) is 5.11 Å². The van der Waals surface area contributed by atoms with Crippen LogP contribution in [0.4, 0.5) is 0 Å². The van der Waals surface area contributed by atoms with Crippen LogP contribution in [0.25, 0.3) is 0 Å². The molecule has 2 N–H and O–H groups in total. The van der Waals surface area contributed by atoms with Crippen LogP contribution in [-0.4, -0.2) is 35.6 Å². The summed E-state index contributed by atoms with van der Waals surface area (Å²) in [5, 5.41) is 18.5. The molecule has 116 valence electrons. The second-order valence-corrected chi connectivity index (χ2v) is 6.07. The van der Waals surface area contributed by atoms with E-state index in [0.717, 1.165) is 18.8 Å². The highest BCUT2D eigenvalue weighted by Crippen LogP contribution is 2.12. The highest BCUT2D eigenvalue weighted by atomic mass is 16.5. The molecule has 0 spiro atoms. The van der Waals surface area contributed by atoms with Crippen molar-refractivity contribution in [1.29, 1.82) is 0 Å². The molecule has 0 aromatic carbocycles. The Bertz CT molecular complexity index is 183. The summed E-state index contributed by atoms with van der Waals surface area (Å²) in [6.07, 6.45) is 9.18. The van der Waals surface area contributed by atoms with Gasteiger partial charge in [-0.2, -0.15) is 0 Å². The summed E-state index contributed by atoms with van der Waals surface area (Å²) in [6.45, 7) is 6.73. The molecule has 0 heterocycles. The van der Waals surface area contributed by atoms with Crippen molar-refractivity contribution in [2.75, 3.05) is 13.2 Å². The summed E-state index contributed by atoms with van der Waals surface area (Å²) in [5.74, 6) is 0.830. The summed E-state index contributed by atoms with van der Waals surface area (Å²) in [4.78, 5) is 0. The van der Waals surface area contributed by atoms with E-state index in [2.05, 4.69) is 13.8 Å². The maximum absolute atomic E-state index is 9.69. The van der Waals surface area contributed by atoms with Gasteiger partial charge in [-0.3, -0.25) is 0 Å². The van der Waals surface area contributed by atoms with Gasteiger partial charge in [0.15, 0.2) is 0 Å². The molecular weight excluding hydrogens is 240 g/mol. The molecule has 0 fully saturated rings. The van der Waals surface area contributed by atoms with Crippen molar-refractivity contribution in [3.8, 4) is 0 Å². The van der Waals surface area contributed by atoms with Crippen molar-refractivity contribution in [2.45, 2.75) is 84.3 Å². The van der Waals surface area contributed by atoms with E-state index in [-0.39, 0.29) is 18.8 Å². The predicted molar refractivity (Wildman–Crippen MR) is 80.3 cm³/mol. The lowest BCUT2D eigenvalue weighted by atomic mass is 10.0. The average molecular weight is 274 g/mol. The summed E-state index contributed by atoms with van der Waals surface area (Å²) < 4.78 is 5.29. The minimum Gasteiger partial charge on any atom is -0.394 e. The monoisotopic (exact) mass is 274 g/mol. The molecule has 3 nitrogen and oxygen atoms in total. The van der Waals surface area contributed by atoms with Gasteiger partial charge < -0.3 is 14.9 Å². The van der Waals surface area contributed by atoms with Crippen LogP contribution in [0.2, 0.25) is 0 Å². The zero-order valence-electron chi connectivity index (χ0n) is 13.1. The van der Waals surface area contributed by atoms with E-state index in [1.165, 1.54) is 38.5 Å². The number of hydrogen-bond acceptors (Lipinski definition) is 3. The van der Waals surface area contributed by atoms with Crippen LogP contribution >= 0.6 is 0 Å². The van der Waals surface area contributed by atoms with Gasteiger partial charge in [-0.1, -0.05) is 58.8 Å². The number of ether oxygens (including phenoxy) is 1. The Labute approximate surface area is 119 Å². The van der Waals surface area contributed by atoms with E-state index >= 15 is 0 Å². The third-order valence-corrected chi connectivity index (χ3v) is 3.40. The molecular formula is C16H34O3. The Kier molecular flexibility index (Phi) is 12.8. The number of unbranched alkanes of at least 4 members (excludes halogenated alkanes) is 5. The Morgan fingerprint density at radius 1 is 0.842 bits per heavy atom. The van der Waals surface area contributed by atoms with Crippen molar-refractivity contribution in [2.24, 2.45) is 5.92 Å². The summed E-state index contributed by atoms with van der Waals surface area (Å²) in [5.41, 5.74) is 0. The van der Waals surface area contributed by atoms with Crippen molar-refractivity contribution >= 4 is 0 Å². The lowest BCUT2D eigenvalue weighted by molar-refractivity contribution is -0.0259. The Hall–Kier alpha value is -0.120. The molecule has 2 unspecified atom stereocenters. The fourth-order valence-electron chi connectivity index (χ4n) is 2.05. The number of aliphatic hydroxyl groups excluding tert-OH is 2. The quantitative estimate of drug-likeness (QED) is 0.505. The summed E-state index contributed by atoms with van der Waals surface area (Å²) in [6, 6.07) is 0. The zero-order chi connectivity index (χ0) is 14.5. The first-order chi connectivity index (χ1) is 9.06. The number of rotatable bonds is 13. The topological polar surface area (TPSA) is 49.7 Å². The van der Waals surface area contributed by atoms with E-state index in [1.54, 1.807) is 0 Å². The van der Waals surface area contributed by atoms with E-state index in [1.807, 2.05) is 6.92 Å². The first-order valence-corrected chi connectivity index (χ1v) is 7.96. The maximum Gasteiger partial charge on any atom is 0.0779 e. The van der Waals surface area contributed by atoms with Gasteiger partial charge in [0.05, 0.1) is 25.4 Å². The Morgan fingerprint density at radius 2 is 1.37 bits per heavy atom. The normalized spacial score (nSPS) is 14.8. The van der Waals surface area contributed by atoms with Crippen molar-refractivity contribution in [3.05, 3.63) is 0 Å². The lowest BCUT2D eigenvalue weighted by Gasteiger charge is -2.14. The van der Waals surface area contributed by atoms with Crippen LogP contribution in [0.15, 0.2) is 0 Å². The largest absolute Gasteiger partial charge is 0.394 e. The van der Waals surface area contributed by atoms with E-state index in [4.69, 9.17) is 9.84 Å². The van der Waals surface area contributed by atoms with Crippen molar-refractivity contribution in [3.63, 3.8) is 0 Å². The molecule has 0 radical (unpaired) electrons. The molecule has 0 saturated heterocycles. The van der Waals surface area contributed by atoms with Crippen molar-refractivity contribution in [1.82, 2.24) is 0 Å². The second-order valence-electron chi connectivity index (χ2n) is 6.07.